The lowest BCUT2D eigenvalue weighted by Crippen LogP contribution is -2.23. The number of nitro benzene ring substituents is 1. The number of benzene rings is 1. The van der Waals surface area contributed by atoms with Gasteiger partial charge in [-0.1, -0.05) is 0 Å². The van der Waals surface area contributed by atoms with Gasteiger partial charge in [-0.2, -0.15) is 0 Å². The Labute approximate surface area is 114 Å². The first-order valence-electron chi connectivity index (χ1n) is 5.90. The van der Waals surface area contributed by atoms with Gasteiger partial charge in [0.1, 0.15) is 11.7 Å². The van der Waals surface area contributed by atoms with E-state index in [0.29, 0.717) is 6.54 Å². The fourth-order valence-electron chi connectivity index (χ4n) is 1.74. The molecule has 1 aromatic rings. The minimum Gasteiger partial charge on any atom is -0.477 e. The lowest BCUT2D eigenvalue weighted by molar-refractivity contribution is -0.385. The van der Waals surface area contributed by atoms with Gasteiger partial charge in [-0.05, 0) is 37.7 Å². The second-order valence-corrected chi connectivity index (χ2v) is 4.24. The SMILES string of the molecule is CNCCC(O)C(O)c1ccc([N+](=O)[O-])c(C(=O)O)c1. The number of carbonyl (C=O) groups is 1. The van der Waals surface area contributed by atoms with Crippen LogP contribution in [0.25, 0.3) is 0 Å². The third-order valence-electron chi connectivity index (χ3n) is 2.84. The predicted molar refractivity (Wildman–Crippen MR) is 69.6 cm³/mol. The molecular formula is C12H16N2O6. The number of nitrogens with one attached hydrogen (secondary N) is 1. The molecule has 1 rings (SSSR count). The van der Waals surface area contributed by atoms with E-state index in [-0.39, 0.29) is 12.0 Å². The van der Waals surface area contributed by atoms with Gasteiger partial charge in [0.15, 0.2) is 0 Å². The van der Waals surface area contributed by atoms with Crippen LogP contribution in [0.15, 0.2) is 18.2 Å². The lowest BCUT2D eigenvalue weighted by Gasteiger charge is -2.18. The molecule has 8 nitrogen and oxygen atoms in total. The Morgan fingerprint density at radius 1 is 1.45 bits per heavy atom. The zero-order chi connectivity index (χ0) is 15.3. The molecule has 0 aliphatic carbocycles. The molecule has 0 aliphatic rings. The molecule has 0 heterocycles. The van der Waals surface area contributed by atoms with Gasteiger partial charge in [0, 0.05) is 6.07 Å². The molecule has 0 aromatic heterocycles. The third kappa shape index (κ3) is 3.73. The molecular weight excluding hydrogens is 268 g/mol. The summed E-state index contributed by atoms with van der Waals surface area (Å²) < 4.78 is 0. The maximum atomic E-state index is 11.0. The van der Waals surface area contributed by atoms with Crippen LogP contribution < -0.4 is 5.32 Å². The van der Waals surface area contributed by atoms with Crippen LogP contribution >= 0.6 is 0 Å². The van der Waals surface area contributed by atoms with Gasteiger partial charge in [-0.25, -0.2) is 4.79 Å². The molecule has 4 N–H and O–H groups in total. The van der Waals surface area contributed by atoms with E-state index in [9.17, 15) is 25.1 Å². The molecule has 0 bridgehead atoms. The molecule has 1 aromatic carbocycles. The minimum absolute atomic E-state index is 0.122. The van der Waals surface area contributed by atoms with Crippen molar-refractivity contribution in [3.8, 4) is 0 Å². The molecule has 20 heavy (non-hydrogen) atoms. The summed E-state index contributed by atoms with van der Waals surface area (Å²) in [5, 5.41) is 42.1. The topological polar surface area (TPSA) is 133 Å². The number of carboxylic acids is 1. The van der Waals surface area contributed by atoms with E-state index in [1.165, 1.54) is 6.07 Å². The summed E-state index contributed by atoms with van der Waals surface area (Å²) in [6.45, 7) is 0.469. The summed E-state index contributed by atoms with van der Waals surface area (Å²) in [4.78, 5) is 20.9. The van der Waals surface area contributed by atoms with Crippen LogP contribution in [0.4, 0.5) is 5.69 Å². The van der Waals surface area contributed by atoms with Gasteiger partial charge in [0.25, 0.3) is 5.69 Å². The molecule has 110 valence electrons. The number of nitro groups is 1. The first-order valence-corrected chi connectivity index (χ1v) is 5.90. The standard InChI is InChI=1S/C12H16N2O6/c1-13-5-4-10(15)11(16)7-2-3-9(14(19)20)8(6-7)12(17)18/h2-3,6,10-11,13,15-16H,4-5H2,1H3,(H,17,18). The van der Waals surface area contributed by atoms with Crippen LogP contribution in [-0.2, 0) is 0 Å². The average Bonchev–Trinajstić information content (AvgIpc) is 2.42. The Kier molecular flexibility index (Phi) is 5.56. The van der Waals surface area contributed by atoms with E-state index >= 15 is 0 Å². The van der Waals surface area contributed by atoms with Crippen LogP contribution in [0.5, 0.6) is 0 Å². The number of hydrogen-bond acceptors (Lipinski definition) is 6. The molecule has 0 radical (unpaired) electrons. The molecule has 0 saturated heterocycles. The van der Waals surface area contributed by atoms with E-state index in [2.05, 4.69) is 5.32 Å². The number of aromatic carboxylic acids is 1. The van der Waals surface area contributed by atoms with Gasteiger partial charge >= 0.3 is 5.97 Å². The summed E-state index contributed by atoms with van der Waals surface area (Å²) in [7, 11) is 1.69. The first kappa shape index (κ1) is 16.0. The van der Waals surface area contributed by atoms with Crippen molar-refractivity contribution < 1.29 is 25.0 Å². The van der Waals surface area contributed by atoms with Gasteiger partial charge in [0.2, 0.25) is 0 Å². The fourth-order valence-corrected chi connectivity index (χ4v) is 1.74. The molecule has 8 heteroatoms. The Morgan fingerprint density at radius 3 is 2.60 bits per heavy atom. The lowest BCUT2D eigenvalue weighted by atomic mass is 9.99. The number of aliphatic hydroxyl groups is 2. The second-order valence-electron chi connectivity index (χ2n) is 4.24. The maximum Gasteiger partial charge on any atom is 0.342 e. The summed E-state index contributed by atoms with van der Waals surface area (Å²) >= 11 is 0. The second kappa shape index (κ2) is 6.94. The van der Waals surface area contributed by atoms with Crippen LogP contribution in [0.2, 0.25) is 0 Å². The van der Waals surface area contributed by atoms with Crippen molar-refractivity contribution in [2.24, 2.45) is 0 Å². The van der Waals surface area contributed by atoms with Gasteiger partial charge in [-0.15, -0.1) is 0 Å². The molecule has 0 aliphatic heterocycles. The summed E-state index contributed by atoms with van der Waals surface area (Å²) in [5.74, 6) is -1.46. The predicted octanol–water partition coefficient (Wildman–Crippen LogP) is 0.297. The van der Waals surface area contributed by atoms with Gasteiger partial charge in [-0.3, -0.25) is 10.1 Å². The first-order chi connectivity index (χ1) is 9.38. The van der Waals surface area contributed by atoms with Crippen molar-refractivity contribution in [2.45, 2.75) is 18.6 Å². The molecule has 2 atom stereocenters. The highest BCUT2D eigenvalue weighted by molar-refractivity contribution is 5.92. The van der Waals surface area contributed by atoms with Crippen LogP contribution in [0, 0.1) is 10.1 Å². The van der Waals surface area contributed by atoms with Crippen LogP contribution in [0.3, 0.4) is 0 Å². The van der Waals surface area contributed by atoms with Gasteiger partial charge < -0.3 is 20.6 Å². The van der Waals surface area contributed by atoms with Crippen molar-refractivity contribution in [1.29, 1.82) is 0 Å². The van der Waals surface area contributed by atoms with Crippen LogP contribution in [-0.4, -0.2) is 45.9 Å². The largest absolute Gasteiger partial charge is 0.477 e. The van der Waals surface area contributed by atoms with E-state index in [1.807, 2.05) is 0 Å². The highest BCUT2D eigenvalue weighted by atomic mass is 16.6. The van der Waals surface area contributed by atoms with Crippen LogP contribution in [0.1, 0.15) is 28.4 Å². The molecule has 0 fully saturated rings. The molecule has 0 amide bonds. The number of carboxylic acid groups (broad SMARTS) is 1. The summed E-state index contributed by atoms with van der Waals surface area (Å²) in [5.41, 5.74) is -0.956. The average molecular weight is 284 g/mol. The van der Waals surface area contributed by atoms with E-state index < -0.39 is 34.4 Å². The fraction of sp³-hybridized carbons (Fsp3) is 0.417. The minimum atomic E-state index is -1.46. The van der Waals surface area contributed by atoms with Crippen molar-refractivity contribution in [2.75, 3.05) is 13.6 Å². The Morgan fingerprint density at radius 2 is 2.10 bits per heavy atom. The van der Waals surface area contributed by atoms with Gasteiger partial charge in [0.05, 0.1) is 11.0 Å². The highest BCUT2D eigenvalue weighted by Gasteiger charge is 2.24. The molecule has 0 spiro atoms. The summed E-state index contributed by atoms with van der Waals surface area (Å²) in [6, 6.07) is 3.25. The number of aliphatic hydroxyl groups excluding tert-OH is 2. The zero-order valence-corrected chi connectivity index (χ0v) is 10.8. The third-order valence-corrected chi connectivity index (χ3v) is 2.84. The highest BCUT2D eigenvalue weighted by Crippen LogP contribution is 2.25. The quantitative estimate of drug-likeness (QED) is 0.418. The van der Waals surface area contributed by atoms with E-state index in [0.717, 1.165) is 12.1 Å². The van der Waals surface area contributed by atoms with Crippen molar-refractivity contribution >= 4 is 11.7 Å². The van der Waals surface area contributed by atoms with Crippen molar-refractivity contribution in [3.63, 3.8) is 0 Å². The van der Waals surface area contributed by atoms with Crippen molar-refractivity contribution in [1.82, 2.24) is 5.32 Å². The number of rotatable bonds is 7. The monoisotopic (exact) mass is 284 g/mol. The normalized spacial score (nSPS) is 13.8. The zero-order valence-electron chi connectivity index (χ0n) is 10.8. The Balaban J connectivity index is 3.05. The van der Waals surface area contributed by atoms with E-state index in [4.69, 9.17) is 5.11 Å². The smallest absolute Gasteiger partial charge is 0.342 e. The number of hydrogen-bond donors (Lipinski definition) is 4. The maximum absolute atomic E-state index is 11.0. The summed E-state index contributed by atoms with van der Waals surface area (Å²) in [6.07, 6.45) is -2.13. The Bertz CT molecular complexity index is 505. The molecule has 0 saturated carbocycles. The Hall–Kier alpha value is -2.03. The molecule has 2 unspecified atom stereocenters. The number of nitrogens with zero attached hydrogens (tertiary/aromatic N) is 1. The van der Waals surface area contributed by atoms with Crippen molar-refractivity contribution in [3.05, 3.63) is 39.4 Å². The van der Waals surface area contributed by atoms with E-state index in [1.54, 1.807) is 7.05 Å².